The summed E-state index contributed by atoms with van der Waals surface area (Å²) in [6.45, 7) is 5.86. The first kappa shape index (κ1) is 15.7. The maximum Gasteiger partial charge on any atom is 0.315 e. The lowest BCUT2D eigenvalue weighted by atomic mass is 9.85. The minimum absolute atomic E-state index is 0.0941. The van der Waals surface area contributed by atoms with Crippen LogP contribution >= 0.6 is 0 Å². The van der Waals surface area contributed by atoms with Crippen LogP contribution in [0.15, 0.2) is 0 Å². The number of rotatable bonds is 5. The van der Waals surface area contributed by atoms with Crippen molar-refractivity contribution < 1.29 is 24.2 Å². The van der Waals surface area contributed by atoms with Crippen molar-refractivity contribution in [2.45, 2.75) is 32.4 Å². The van der Waals surface area contributed by atoms with Crippen molar-refractivity contribution in [1.82, 2.24) is 10.6 Å². The molecule has 110 valence electrons. The predicted octanol–water partition coefficient (Wildman–Crippen LogP) is 0.200. The number of hydrogen-bond donors (Lipinski definition) is 3. The van der Waals surface area contributed by atoms with E-state index in [1.165, 1.54) is 0 Å². The molecule has 1 fully saturated rings. The molecule has 2 unspecified atom stereocenters. The SMILES string of the molecule is COC(C)(C)CNC(=O)NC1COCC1(C)C(=O)O. The Morgan fingerprint density at radius 1 is 1.53 bits per heavy atom. The second kappa shape index (κ2) is 5.75. The smallest absolute Gasteiger partial charge is 0.315 e. The summed E-state index contributed by atoms with van der Waals surface area (Å²) < 4.78 is 10.3. The van der Waals surface area contributed by atoms with Crippen LogP contribution in [0.3, 0.4) is 0 Å². The molecular formula is C12H22N2O5. The van der Waals surface area contributed by atoms with E-state index in [-0.39, 0.29) is 13.2 Å². The van der Waals surface area contributed by atoms with Crippen LogP contribution in [0.5, 0.6) is 0 Å². The average Bonchev–Trinajstić information content (AvgIpc) is 2.70. The number of carboxylic acid groups (broad SMARTS) is 1. The lowest BCUT2D eigenvalue weighted by Crippen LogP contribution is -2.54. The summed E-state index contributed by atoms with van der Waals surface area (Å²) in [5.41, 5.74) is -1.56. The summed E-state index contributed by atoms with van der Waals surface area (Å²) in [5, 5.41) is 14.5. The molecule has 0 spiro atoms. The Hall–Kier alpha value is -1.34. The van der Waals surface area contributed by atoms with E-state index < -0.39 is 29.1 Å². The number of ether oxygens (including phenoxy) is 2. The number of urea groups is 1. The third-order valence-corrected chi connectivity index (χ3v) is 3.48. The maximum absolute atomic E-state index is 11.7. The molecule has 7 heteroatoms. The summed E-state index contributed by atoms with van der Waals surface area (Å²) in [5.74, 6) is -0.979. The van der Waals surface area contributed by atoms with Gasteiger partial charge in [-0.1, -0.05) is 0 Å². The Kier molecular flexibility index (Phi) is 4.75. The van der Waals surface area contributed by atoms with E-state index in [0.717, 1.165) is 0 Å². The molecule has 0 aliphatic carbocycles. The Labute approximate surface area is 112 Å². The molecule has 1 rings (SSSR count). The van der Waals surface area contributed by atoms with Crippen LogP contribution in [0.4, 0.5) is 4.79 Å². The average molecular weight is 274 g/mol. The van der Waals surface area contributed by atoms with Gasteiger partial charge < -0.3 is 25.2 Å². The Balaban J connectivity index is 2.51. The summed E-state index contributed by atoms with van der Waals surface area (Å²) >= 11 is 0. The second-order valence-corrected chi connectivity index (χ2v) is 5.58. The van der Waals surface area contributed by atoms with Crippen molar-refractivity contribution >= 4 is 12.0 Å². The largest absolute Gasteiger partial charge is 0.481 e. The topological polar surface area (TPSA) is 96.9 Å². The quantitative estimate of drug-likeness (QED) is 0.665. The van der Waals surface area contributed by atoms with Gasteiger partial charge in [-0.15, -0.1) is 0 Å². The number of carbonyl (C=O) groups is 2. The molecule has 2 amide bonds. The highest BCUT2D eigenvalue weighted by molar-refractivity contribution is 5.79. The highest BCUT2D eigenvalue weighted by Crippen LogP contribution is 2.28. The van der Waals surface area contributed by atoms with Crippen LogP contribution in [0.25, 0.3) is 0 Å². The molecule has 0 aromatic rings. The molecule has 19 heavy (non-hydrogen) atoms. The summed E-state index contributed by atoms with van der Waals surface area (Å²) in [7, 11) is 1.56. The van der Waals surface area contributed by atoms with Crippen molar-refractivity contribution in [3.05, 3.63) is 0 Å². The van der Waals surface area contributed by atoms with Crippen molar-refractivity contribution in [1.29, 1.82) is 0 Å². The fourth-order valence-corrected chi connectivity index (χ4v) is 1.66. The van der Waals surface area contributed by atoms with E-state index in [0.29, 0.717) is 6.54 Å². The second-order valence-electron chi connectivity index (χ2n) is 5.58. The summed E-state index contributed by atoms with van der Waals surface area (Å²) in [6.07, 6.45) is 0. The van der Waals surface area contributed by atoms with Crippen molar-refractivity contribution in [2.75, 3.05) is 26.9 Å². The normalized spacial score (nSPS) is 27.1. The Bertz CT molecular complexity index is 358. The zero-order valence-corrected chi connectivity index (χ0v) is 11.8. The molecule has 0 aromatic carbocycles. The molecule has 0 saturated carbocycles. The van der Waals surface area contributed by atoms with E-state index in [1.54, 1.807) is 14.0 Å². The van der Waals surface area contributed by atoms with Crippen LogP contribution in [0, 0.1) is 5.41 Å². The van der Waals surface area contributed by atoms with Crippen LogP contribution in [0.2, 0.25) is 0 Å². The lowest BCUT2D eigenvalue weighted by Gasteiger charge is -2.27. The number of carboxylic acids is 1. The van der Waals surface area contributed by atoms with Crippen LogP contribution in [0.1, 0.15) is 20.8 Å². The monoisotopic (exact) mass is 274 g/mol. The lowest BCUT2D eigenvalue weighted by molar-refractivity contribution is -0.148. The molecular weight excluding hydrogens is 252 g/mol. The van der Waals surface area contributed by atoms with E-state index >= 15 is 0 Å². The number of carbonyl (C=O) groups excluding carboxylic acids is 1. The molecule has 0 bridgehead atoms. The summed E-state index contributed by atoms with van der Waals surface area (Å²) in [6, 6.07) is -0.969. The fourth-order valence-electron chi connectivity index (χ4n) is 1.66. The molecule has 0 radical (unpaired) electrons. The van der Waals surface area contributed by atoms with Gasteiger partial charge in [0.1, 0.15) is 5.41 Å². The summed E-state index contributed by atoms with van der Waals surface area (Å²) in [4.78, 5) is 23.0. The van der Waals surface area contributed by atoms with E-state index in [2.05, 4.69) is 10.6 Å². The Morgan fingerprint density at radius 2 is 2.16 bits per heavy atom. The van der Waals surface area contributed by atoms with Gasteiger partial charge in [0.25, 0.3) is 0 Å². The first-order valence-corrected chi connectivity index (χ1v) is 6.12. The van der Waals surface area contributed by atoms with Gasteiger partial charge in [-0.25, -0.2) is 4.79 Å². The fraction of sp³-hybridized carbons (Fsp3) is 0.833. The van der Waals surface area contributed by atoms with Crippen LogP contribution in [-0.2, 0) is 14.3 Å². The van der Waals surface area contributed by atoms with Gasteiger partial charge in [-0.3, -0.25) is 4.79 Å². The first-order valence-electron chi connectivity index (χ1n) is 6.12. The number of methoxy groups -OCH3 is 1. The van der Waals surface area contributed by atoms with E-state index in [9.17, 15) is 14.7 Å². The van der Waals surface area contributed by atoms with Crippen molar-refractivity contribution in [2.24, 2.45) is 5.41 Å². The van der Waals surface area contributed by atoms with Gasteiger partial charge in [-0.05, 0) is 20.8 Å². The van der Waals surface area contributed by atoms with E-state index in [1.807, 2.05) is 13.8 Å². The van der Waals surface area contributed by atoms with Gasteiger partial charge in [0.2, 0.25) is 0 Å². The highest BCUT2D eigenvalue weighted by Gasteiger charge is 2.47. The molecule has 1 aliphatic rings. The van der Waals surface area contributed by atoms with Crippen molar-refractivity contribution in [3.8, 4) is 0 Å². The number of nitrogens with one attached hydrogen (secondary N) is 2. The van der Waals surface area contributed by atoms with Gasteiger partial charge >= 0.3 is 12.0 Å². The molecule has 3 N–H and O–H groups in total. The van der Waals surface area contributed by atoms with Gasteiger partial charge in [0, 0.05) is 13.7 Å². The molecule has 1 aliphatic heterocycles. The third kappa shape index (κ3) is 3.81. The molecule has 7 nitrogen and oxygen atoms in total. The number of aliphatic carboxylic acids is 1. The molecule has 1 saturated heterocycles. The van der Waals surface area contributed by atoms with Gasteiger partial charge in [-0.2, -0.15) is 0 Å². The van der Waals surface area contributed by atoms with Gasteiger partial charge in [0.15, 0.2) is 0 Å². The highest BCUT2D eigenvalue weighted by atomic mass is 16.5. The molecule has 1 heterocycles. The van der Waals surface area contributed by atoms with Gasteiger partial charge in [0.05, 0.1) is 24.9 Å². The van der Waals surface area contributed by atoms with Crippen LogP contribution < -0.4 is 10.6 Å². The molecule has 0 aromatic heterocycles. The number of hydrogen-bond acceptors (Lipinski definition) is 4. The maximum atomic E-state index is 11.7. The Morgan fingerprint density at radius 3 is 2.68 bits per heavy atom. The zero-order valence-electron chi connectivity index (χ0n) is 11.8. The predicted molar refractivity (Wildman–Crippen MR) is 68.0 cm³/mol. The van der Waals surface area contributed by atoms with Crippen LogP contribution in [-0.4, -0.2) is 55.6 Å². The standard InChI is InChI=1S/C12H22N2O5/c1-11(2,18-4)6-13-10(17)14-8-5-19-7-12(8,3)9(15)16/h8H,5-7H2,1-4H3,(H,15,16)(H2,13,14,17). The molecule has 2 atom stereocenters. The van der Waals surface area contributed by atoms with E-state index in [4.69, 9.17) is 9.47 Å². The zero-order chi connectivity index (χ0) is 14.7. The third-order valence-electron chi connectivity index (χ3n) is 3.48. The minimum Gasteiger partial charge on any atom is -0.481 e. The van der Waals surface area contributed by atoms with Crippen molar-refractivity contribution in [3.63, 3.8) is 0 Å². The first-order chi connectivity index (χ1) is 8.71. The minimum atomic E-state index is -1.09. The number of amides is 2.